The fourth-order valence-corrected chi connectivity index (χ4v) is 1.88. The number of carbonyl (C=O) groups excluding carboxylic acids is 1. The van der Waals surface area contributed by atoms with Crippen LogP contribution in [0.3, 0.4) is 0 Å². The Bertz CT molecular complexity index is 712. The third-order valence-corrected chi connectivity index (χ3v) is 3.00. The molecule has 106 valence electrons. The van der Waals surface area contributed by atoms with Crippen molar-refractivity contribution in [1.82, 2.24) is 0 Å². The van der Waals surface area contributed by atoms with Crippen molar-refractivity contribution >= 4 is 28.9 Å². The van der Waals surface area contributed by atoms with Gasteiger partial charge in [-0.15, -0.1) is 0 Å². The molecule has 0 radical (unpaired) electrons. The molecule has 0 heterocycles. The summed E-state index contributed by atoms with van der Waals surface area (Å²) < 4.78 is 13.4. The number of hydrogen-bond donors (Lipinski definition) is 2. The van der Waals surface area contributed by atoms with Crippen LogP contribution in [0.4, 0.5) is 15.8 Å². The monoisotopic (exact) mass is 303 g/mol. The van der Waals surface area contributed by atoms with Gasteiger partial charge in [0, 0.05) is 5.69 Å². The topological polar surface area (TPSA) is 64.9 Å². The van der Waals surface area contributed by atoms with E-state index in [4.69, 9.17) is 16.9 Å². The number of nitrogens with zero attached hydrogens (tertiary/aromatic N) is 1. The SMILES string of the molecule is N#Cc1ccc(NCC(=O)Nc2ccccc2F)cc1Cl. The van der Waals surface area contributed by atoms with Crippen LogP contribution >= 0.6 is 11.6 Å². The van der Waals surface area contributed by atoms with Crippen molar-refractivity contribution in [3.63, 3.8) is 0 Å². The van der Waals surface area contributed by atoms with E-state index in [0.717, 1.165) is 0 Å². The Hall–Kier alpha value is -2.58. The zero-order chi connectivity index (χ0) is 15.2. The lowest BCUT2D eigenvalue weighted by molar-refractivity contribution is -0.114. The molecule has 0 bridgehead atoms. The molecule has 2 rings (SSSR count). The van der Waals surface area contributed by atoms with E-state index in [2.05, 4.69) is 10.6 Å². The van der Waals surface area contributed by atoms with Crippen LogP contribution in [0.25, 0.3) is 0 Å². The normalized spacial score (nSPS) is 9.76. The molecular weight excluding hydrogens is 293 g/mol. The number of amides is 1. The minimum Gasteiger partial charge on any atom is -0.376 e. The highest BCUT2D eigenvalue weighted by Crippen LogP contribution is 2.20. The van der Waals surface area contributed by atoms with Crippen molar-refractivity contribution in [3.05, 3.63) is 58.9 Å². The second kappa shape index (κ2) is 6.73. The summed E-state index contributed by atoms with van der Waals surface area (Å²) in [6.07, 6.45) is 0. The molecule has 0 aliphatic carbocycles. The molecule has 0 spiro atoms. The first-order chi connectivity index (χ1) is 10.1. The quantitative estimate of drug-likeness (QED) is 0.910. The van der Waals surface area contributed by atoms with Gasteiger partial charge in [-0.05, 0) is 30.3 Å². The van der Waals surface area contributed by atoms with E-state index in [0.29, 0.717) is 16.3 Å². The number of halogens is 2. The number of nitrogens with one attached hydrogen (secondary N) is 2. The molecule has 2 aromatic carbocycles. The van der Waals surface area contributed by atoms with Crippen LogP contribution in [-0.2, 0) is 4.79 Å². The van der Waals surface area contributed by atoms with Crippen LogP contribution in [0.1, 0.15) is 5.56 Å². The molecule has 2 N–H and O–H groups in total. The van der Waals surface area contributed by atoms with Crippen molar-refractivity contribution in [2.75, 3.05) is 17.2 Å². The van der Waals surface area contributed by atoms with Crippen molar-refractivity contribution in [2.45, 2.75) is 0 Å². The summed E-state index contributed by atoms with van der Waals surface area (Å²) in [5.41, 5.74) is 1.09. The Balaban J connectivity index is 1.94. The zero-order valence-electron chi connectivity index (χ0n) is 10.9. The van der Waals surface area contributed by atoms with Crippen LogP contribution in [0.2, 0.25) is 5.02 Å². The predicted octanol–water partition coefficient (Wildman–Crippen LogP) is 3.40. The molecule has 2 aromatic rings. The summed E-state index contributed by atoms with van der Waals surface area (Å²) in [7, 11) is 0. The molecule has 0 saturated heterocycles. The van der Waals surface area contributed by atoms with Gasteiger partial charge in [-0.2, -0.15) is 5.26 Å². The Morgan fingerprint density at radius 2 is 2.05 bits per heavy atom. The summed E-state index contributed by atoms with van der Waals surface area (Å²) in [5, 5.41) is 14.4. The summed E-state index contributed by atoms with van der Waals surface area (Å²) in [4.78, 5) is 11.7. The molecule has 21 heavy (non-hydrogen) atoms. The molecule has 0 aliphatic heterocycles. The standard InChI is InChI=1S/C15H11ClFN3O/c16-12-7-11(6-5-10(12)8-18)19-9-15(21)20-14-4-2-1-3-13(14)17/h1-7,19H,9H2,(H,20,21). The molecule has 0 aliphatic rings. The molecule has 0 atom stereocenters. The smallest absolute Gasteiger partial charge is 0.243 e. The first-order valence-electron chi connectivity index (χ1n) is 6.08. The van der Waals surface area contributed by atoms with Gasteiger partial charge in [0.25, 0.3) is 0 Å². The predicted molar refractivity (Wildman–Crippen MR) is 79.7 cm³/mol. The highest BCUT2D eigenvalue weighted by atomic mass is 35.5. The lowest BCUT2D eigenvalue weighted by Gasteiger charge is -2.09. The van der Waals surface area contributed by atoms with Crippen molar-refractivity contribution in [3.8, 4) is 6.07 Å². The molecule has 1 amide bonds. The zero-order valence-corrected chi connectivity index (χ0v) is 11.6. The summed E-state index contributed by atoms with van der Waals surface area (Å²) in [6.45, 7) is -0.0451. The van der Waals surface area contributed by atoms with Gasteiger partial charge in [0.15, 0.2) is 0 Å². The molecular formula is C15H11ClFN3O. The molecule has 4 nitrogen and oxygen atoms in total. The average Bonchev–Trinajstić information content (AvgIpc) is 2.48. The van der Waals surface area contributed by atoms with Gasteiger partial charge in [-0.3, -0.25) is 4.79 Å². The van der Waals surface area contributed by atoms with Crippen LogP contribution in [0.5, 0.6) is 0 Å². The fourth-order valence-electron chi connectivity index (χ4n) is 1.66. The molecule has 0 aromatic heterocycles. The van der Waals surface area contributed by atoms with Gasteiger partial charge in [0.2, 0.25) is 5.91 Å². The number of benzene rings is 2. The largest absolute Gasteiger partial charge is 0.376 e. The fraction of sp³-hybridized carbons (Fsp3) is 0.0667. The van der Waals surface area contributed by atoms with E-state index >= 15 is 0 Å². The van der Waals surface area contributed by atoms with Crippen LogP contribution in [0.15, 0.2) is 42.5 Å². The van der Waals surface area contributed by atoms with Gasteiger partial charge in [0.1, 0.15) is 11.9 Å². The number of nitriles is 1. The van der Waals surface area contributed by atoms with Crippen molar-refractivity contribution in [2.24, 2.45) is 0 Å². The lowest BCUT2D eigenvalue weighted by atomic mass is 10.2. The number of anilines is 2. The van der Waals surface area contributed by atoms with Gasteiger partial charge in [-0.25, -0.2) is 4.39 Å². The first kappa shape index (κ1) is 14.8. The number of para-hydroxylation sites is 1. The van der Waals surface area contributed by atoms with E-state index in [1.807, 2.05) is 6.07 Å². The van der Waals surface area contributed by atoms with Crippen molar-refractivity contribution in [1.29, 1.82) is 5.26 Å². The highest BCUT2D eigenvalue weighted by Gasteiger charge is 2.07. The molecule has 6 heteroatoms. The van der Waals surface area contributed by atoms with E-state index in [9.17, 15) is 9.18 Å². The number of rotatable bonds is 4. The van der Waals surface area contributed by atoms with E-state index in [1.54, 1.807) is 30.3 Å². The van der Waals surface area contributed by atoms with Crippen LogP contribution in [0, 0.1) is 17.1 Å². The van der Waals surface area contributed by atoms with Crippen LogP contribution in [-0.4, -0.2) is 12.5 Å². The summed E-state index contributed by atoms with van der Waals surface area (Å²) in [6, 6.07) is 12.6. The average molecular weight is 304 g/mol. The number of hydrogen-bond acceptors (Lipinski definition) is 3. The van der Waals surface area contributed by atoms with Gasteiger partial charge in [-0.1, -0.05) is 23.7 Å². The Labute approximate surface area is 126 Å². The molecule has 0 unspecified atom stereocenters. The van der Waals surface area contributed by atoms with E-state index < -0.39 is 5.82 Å². The maximum Gasteiger partial charge on any atom is 0.243 e. The second-order valence-corrected chi connectivity index (χ2v) is 4.60. The van der Waals surface area contributed by atoms with Crippen molar-refractivity contribution < 1.29 is 9.18 Å². The maximum atomic E-state index is 13.4. The first-order valence-corrected chi connectivity index (χ1v) is 6.46. The third kappa shape index (κ3) is 3.94. The Morgan fingerprint density at radius 1 is 1.29 bits per heavy atom. The maximum absolute atomic E-state index is 13.4. The summed E-state index contributed by atoms with van der Waals surface area (Å²) >= 11 is 5.88. The summed E-state index contributed by atoms with van der Waals surface area (Å²) in [5.74, 6) is -0.882. The number of carbonyl (C=O) groups is 1. The second-order valence-electron chi connectivity index (χ2n) is 4.19. The van der Waals surface area contributed by atoms with E-state index in [-0.39, 0.29) is 18.1 Å². The third-order valence-electron chi connectivity index (χ3n) is 2.69. The van der Waals surface area contributed by atoms with Gasteiger partial charge < -0.3 is 10.6 Å². The van der Waals surface area contributed by atoms with Gasteiger partial charge in [0.05, 0.1) is 22.8 Å². The van der Waals surface area contributed by atoms with Gasteiger partial charge >= 0.3 is 0 Å². The minimum atomic E-state index is -0.493. The van der Waals surface area contributed by atoms with E-state index in [1.165, 1.54) is 12.1 Å². The minimum absolute atomic E-state index is 0.0451. The highest BCUT2D eigenvalue weighted by molar-refractivity contribution is 6.32. The molecule has 0 saturated carbocycles. The lowest BCUT2D eigenvalue weighted by Crippen LogP contribution is -2.22. The Morgan fingerprint density at radius 3 is 2.71 bits per heavy atom. The van der Waals surface area contributed by atoms with Crippen LogP contribution < -0.4 is 10.6 Å². The molecule has 0 fully saturated rings. The Kier molecular flexibility index (Phi) is 4.75.